The molecule has 9 nitrogen and oxygen atoms in total. The van der Waals surface area contributed by atoms with Gasteiger partial charge in [0.2, 0.25) is 5.91 Å². The van der Waals surface area contributed by atoms with Gasteiger partial charge in [0.25, 0.3) is 0 Å². The maximum absolute atomic E-state index is 13.6. The van der Waals surface area contributed by atoms with Crippen LogP contribution >= 0.6 is 0 Å². The van der Waals surface area contributed by atoms with E-state index in [0.717, 1.165) is 27.8 Å². The topological polar surface area (TPSA) is 119 Å². The van der Waals surface area contributed by atoms with E-state index in [9.17, 15) is 24.6 Å². The minimum absolute atomic E-state index is 0.00782. The number of β-amino-alcohol motifs (C(OH)–C–C–N with tert-alkyl or cyclic N) is 1. The number of fused-ring (bicyclic) bond motifs is 3. The van der Waals surface area contributed by atoms with E-state index in [1.54, 1.807) is 0 Å². The fourth-order valence-electron chi connectivity index (χ4n) is 5.89. The van der Waals surface area contributed by atoms with Gasteiger partial charge in [-0.2, -0.15) is 0 Å². The molecule has 214 valence electrons. The van der Waals surface area contributed by atoms with E-state index in [4.69, 9.17) is 4.74 Å². The highest BCUT2D eigenvalue weighted by atomic mass is 16.5. The number of ether oxygens (including phenoxy) is 1. The summed E-state index contributed by atoms with van der Waals surface area (Å²) < 4.78 is 5.71. The van der Waals surface area contributed by atoms with Crippen LogP contribution < -0.4 is 5.32 Å². The number of aliphatic hydroxyl groups excluding tert-OH is 1. The third-order valence-corrected chi connectivity index (χ3v) is 7.81. The second-order valence-corrected chi connectivity index (χ2v) is 10.9. The summed E-state index contributed by atoms with van der Waals surface area (Å²) in [5.41, 5.74) is 5.44. The van der Waals surface area contributed by atoms with E-state index in [2.05, 4.69) is 17.4 Å². The standard InChI is InChI=1S/C32H35N3O6/c1-34(16-21-9-3-2-4-10-21)19-29(30(37)35-17-22(31(38)39)15-23(36)18-35)33-32(40)41-20-28-26-13-7-5-11-24(26)25-12-6-8-14-27(25)28/h2-14,22-23,28-29,36H,15-20H2,1H3,(H,33,40)(H,38,39). The molecule has 0 aromatic heterocycles. The molecule has 1 aliphatic carbocycles. The Morgan fingerprint density at radius 2 is 1.56 bits per heavy atom. The highest BCUT2D eigenvalue weighted by Gasteiger charge is 2.37. The summed E-state index contributed by atoms with van der Waals surface area (Å²) in [5, 5.41) is 22.5. The monoisotopic (exact) mass is 557 g/mol. The van der Waals surface area contributed by atoms with Crippen molar-refractivity contribution < 1.29 is 29.3 Å². The Balaban J connectivity index is 1.29. The molecular formula is C32H35N3O6. The first-order valence-corrected chi connectivity index (χ1v) is 13.8. The Hall–Kier alpha value is -4.21. The van der Waals surface area contributed by atoms with Gasteiger partial charge in [-0.25, -0.2) is 4.79 Å². The molecule has 1 fully saturated rings. The molecule has 2 aliphatic rings. The average molecular weight is 558 g/mol. The summed E-state index contributed by atoms with van der Waals surface area (Å²) in [4.78, 5) is 41.7. The van der Waals surface area contributed by atoms with Crippen molar-refractivity contribution in [3.05, 3.63) is 95.6 Å². The van der Waals surface area contributed by atoms with E-state index in [-0.39, 0.29) is 38.6 Å². The highest BCUT2D eigenvalue weighted by Crippen LogP contribution is 2.44. The molecule has 1 heterocycles. The van der Waals surface area contributed by atoms with E-state index in [1.807, 2.05) is 78.7 Å². The van der Waals surface area contributed by atoms with E-state index in [0.29, 0.717) is 6.54 Å². The van der Waals surface area contributed by atoms with Crippen LogP contribution in [0, 0.1) is 5.92 Å². The molecule has 3 atom stereocenters. The van der Waals surface area contributed by atoms with Gasteiger partial charge >= 0.3 is 12.1 Å². The molecule has 0 spiro atoms. The largest absolute Gasteiger partial charge is 0.481 e. The van der Waals surface area contributed by atoms with Crippen molar-refractivity contribution >= 4 is 18.0 Å². The van der Waals surface area contributed by atoms with Crippen molar-refractivity contribution in [2.24, 2.45) is 5.92 Å². The zero-order valence-corrected chi connectivity index (χ0v) is 23.0. The normalized spacial score (nSPS) is 18.9. The van der Waals surface area contributed by atoms with Crippen LogP contribution in [-0.2, 0) is 20.9 Å². The number of carboxylic acids is 1. The summed E-state index contributed by atoms with van der Waals surface area (Å²) in [6, 6.07) is 24.8. The van der Waals surface area contributed by atoms with E-state index >= 15 is 0 Å². The van der Waals surface area contributed by atoms with Crippen molar-refractivity contribution in [2.45, 2.75) is 31.0 Å². The molecule has 0 saturated carbocycles. The Morgan fingerprint density at radius 1 is 0.951 bits per heavy atom. The number of alkyl carbamates (subject to hydrolysis) is 1. The number of hydrogen-bond acceptors (Lipinski definition) is 6. The number of piperidine rings is 1. The number of nitrogens with zero attached hydrogens (tertiary/aromatic N) is 2. The molecule has 1 aliphatic heterocycles. The summed E-state index contributed by atoms with van der Waals surface area (Å²) in [7, 11) is 1.85. The van der Waals surface area contributed by atoms with Gasteiger partial charge < -0.3 is 25.2 Å². The molecule has 2 amide bonds. The van der Waals surface area contributed by atoms with Gasteiger partial charge in [0.05, 0.1) is 12.0 Å². The van der Waals surface area contributed by atoms with E-state index < -0.39 is 36.0 Å². The number of carbonyl (C=O) groups is 3. The van der Waals surface area contributed by atoms with Gasteiger partial charge in [-0.15, -0.1) is 0 Å². The van der Waals surface area contributed by atoms with Crippen molar-refractivity contribution in [1.29, 1.82) is 0 Å². The number of amides is 2. The highest BCUT2D eigenvalue weighted by molar-refractivity contribution is 5.87. The zero-order valence-electron chi connectivity index (χ0n) is 23.0. The zero-order chi connectivity index (χ0) is 28.9. The lowest BCUT2D eigenvalue weighted by Gasteiger charge is -2.36. The summed E-state index contributed by atoms with van der Waals surface area (Å²) in [6.07, 6.45) is -1.60. The molecule has 3 aromatic carbocycles. The van der Waals surface area contributed by atoms with Gasteiger partial charge in [-0.3, -0.25) is 14.5 Å². The maximum Gasteiger partial charge on any atom is 0.407 e. The fraction of sp³-hybridized carbons (Fsp3) is 0.344. The number of hydrogen-bond donors (Lipinski definition) is 3. The number of aliphatic carboxylic acids is 1. The third kappa shape index (κ3) is 6.58. The lowest BCUT2D eigenvalue weighted by Crippen LogP contribution is -2.57. The van der Waals surface area contributed by atoms with Crippen molar-refractivity contribution in [2.75, 3.05) is 33.3 Å². The number of benzene rings is 3. The third-order valence-electron chi connectivity index (χ3n) is 7.81. The quantitative estimate of drug-likeness (QED) is 0.369. The molecule has 3 aromatic rings. The molecule has 1 saturated heterocycles. The fourth-order valence-corrected chi connectivity index (χ4v) is 5.89. The Labute approximate surface area is 239 Å². The van der Waals surface area contributed by atoms with Crippen molar-refractivity contribution in [1.82, 2.24) is 15.1 Å². The van der Waals surface area contributed by atoms with Gasteiger partial charge in [0, 0.05) is 32.1 Å². The van der Waals surface area contributed by atoms with Crippen LogP contribution in [0.2, 0.25) is 0 Å². The maximum atomic E-state index is 13.6. The molecule has 0 bridgehead atoms. The number of rotatable bonds is 9. The number of likely N-dealkylation sites (N-methyl/N-ethyl adjacent to an activating group) is 1. The van der Waals surface area contributed by atoms with Crippen LogP contribution in [0.3, 0.4) is 0 Å². The van der Waals surface area contributed by atoms with Crippen LogP contribution in [0.25, 0.3) is 11.1 Å². The minimum atomic E-state index is -1.07. The molecule has 41 heavy (non-hydrogen) atoms. The first kappa shape index (κ1) is 28.3. The van der Waals surface area contributed by atoms with Crippen LogP contribution in [0.4, 0.5) is 4.79 Å². The van der Waals surface area contributed by atoms with Crippen molar-refractivity contribution in [3.8, 4) is 11.1 Å². The van der Waals surface area contributed by atoms with Crippen LogP contribution in [0.1, 0.15) is 29.0 Å². The second-order valence-electron chi connectivity index (χ2n) is 10.9. The lowest BCUT2D eigenvalue weighted by atomic mass is 9.95. The first-order chi connectivity index (χ1) is 19.8. The average Bonchev–Trinajstić information content (AvgIpc) is 3.29. The number of aliphatic hydroxyl groups is 1. The van der Waals surface area contributed by atoms with Gasteiger partial charge in [-0.05, 0) is 41.3 Å². The van der Waals surface area contributed by atoms with E-state index in [1.165, 1.54) is 4.90 Å². The molecule has 5 rings (SSSR count). The molecule has 0 radical (unpaired) electrons. The first-order valence-electron chi connectivity index (χ1n) is 13.8. The van der Waals surface area contributed by atoms with Crippen LogP contribution in [0.5, 0.6) is 0 Å². The molecule has 3 unspecified atom stereocenters. The Bertz CT molecular complexity index is 1350. The molecule has 3 N–H and O–H groups in total. The van der Waals surface area contributed by atoms with Gasteiger partial charge in [-0.1, -0.05) is 78.9 Å². The minimum Gasteiger partial charge on any atom is -0.481 e. The second kappa shape index (κ2) is 12.5. The smallest absolute Gasteiger partial charge is 0.407 e. The van der Waals surface area contributed by atoms with Gasteiger partial charge in [0.1, 0.15) is 12.6 Å². The summed E-state index contributed by atoms with van der Waals surface area (Å²) in [6.45, 7) is 0.786. The molecular weight excluding hydrogens is 522 g/mol. The summed E-state index contributed by atoms with van der Waals surface area (Å²) in [5.74, 6) is -2.52. The van der Waals surface area contributed by atoms with Crippen LogP contribution in [0.15, 0.2) is 78.9 Å². The van der Waals surface area contributed by atoms with Crippen LogP contribution in [-0.4, -0.2) is 83.4 Å². The Kier molecular flexibility index (Phi) is 8.66. The predicted molar refractivity (Wildman–Crippen MR) is 153 cm³/mol. The van der Waals surface area contributed by atoms with Gasteiger partial charge in [0.15, 0.2) is 0 Å². The SMILES string of the molecule is CN(Cc1ccccc1)CC(NC(=O)OCC1c2ccccc2-c2ccccc21)C(=O)N1CC(O)CC(C(=O)O)C1. The number of likely N-dealkylation sites (tertiary alicyclic amines) is 1. The van der Waals surface area contributed by atoms with Crippen molar-refractivity contribution in [3.63, 3.8) is 0 Å². The number of carboxylic acid groups (broad SMARTS) is 1. The number of carbonyl (C=O) groups excluding carboxylic acids is 2. The number of nitrogens with one attached hydrogen (secondary N) is 1. The lowest BCUT2D eigenvalue weighted by molar-refractivity contribution is -0.149. The predicted octanol–water partition coefficient (Wildman–Crippen LogP) is 3.32. The Morgan fingerprint density at radius 3 is 2.20 bits per heavy atom. The summed E-state index contributed by atoms with van der Waals surface area (Å²) >= 11 is 0. The molecule has 9 heteroatoms.